The lowest BCUT2D eigenvalue weighted by Crippen LogP contribution is -2.35. The average Bonchev–Trinajstić information content (AvgIpc) is 2.97. The first-order chi connectivity index (χ1) is 15.8. The van der Waals surface area contributed by atoms with Crippen LogP contribution >= 0.6 is 0 Å². The number of aliphatic carboxylic acids is 1. The molecule has 11 heteroatoms. The molecular weight excluding hydrogens is 460 g/mol. The molecule has 1 atom stereocenters. The monoisotopic (exact) mass is 480 g/mol. The van der Waals surface area contributed by atoms with Gasteiger partial charge in [-0.1, -0.05) is 0 Å². The van der Waals surface area contributed by atoms with E-state index in [4.69, 9.17) is 5.11 Å². The Labute approximate surface area is 190 Å². The van der Waals surface area contributed by atoms with E-state index in [-0.39, 0.29) is 40.6 Å². The van der Waals surface area contributed by atoms with Gasteiger partial charge in [0.15, 0.2) is 11.6 Å². The second-order valence-corrected chi connectivity index (χ2v) is 7.84. The van der Waals surface area contributed by atoms with E-state index in [1.807, 2.05) is 0 Å². The normalized spacial score (nSPS) is 12.5. The van der Waals surface area contributed by atoms with Gasteiger partial charge >= 0.3 is 12.1 Å². The number of carbonyl (C=O) groups excluding carboxylic acids is 2. The minimum absolute atomic E-state index is 0.0130. The molecule has 3 rings (SSSR count). The van der Waals surface area contributed by atoms with Crippen molar-refractivity contribution in [1.29, 1.82) is 0 Å². The first-order valence-electron chi connectivity index (χ1n) is 10.0. The minimum atomic E-state index is -4.59. The highest BCUT2D eigenvalue weighted by Crippen LogP contribution is 2.33. The van der Waals surface area contributed by atoms with Crippen molar-refractivity contribution in [3.05, 3.63) is 64.6 Å². The van der Waals surface area contributed by atoms with Gasteiger partial charge in [-0.05, 0) is 49.7 Å². The third-order valence-corrected chi connectivity index (χ3v) is 5.29. The van der Waals surface area contributed by atoms with Gasteiger partial charge in [0.05, 0.1) is 23.9 Å². The average molecular weight is 480 g/mol. The van der Waals surface area contributed by atoms with Gasteiger partial charge in [-0.15, -0.1) is 0 Å². The zero-order valence-corrected chi connectivity index (χ0v) is 18.0. The lowest BCUT2D eigenvalue weighted by atomic mass is 10.1. The number of aromatic hydroxyl groups is 1. The molecule has 2 aromatic carbocycles. The number of phenolic OH excluding ortho intramolecular Hbond substituents is 1. The van der Waals surface area contributed by atoms with E-state index in [0.29, 0.717) is 0 Å². The molecule has 0 saturated heterocycles. The summed E-state index contributed by atoms with van der Waals surface area (Å²) in [7, 11) is 0. The number of nitrogens with zero attached hydrogens (tertiary/aromatic N) is 1. The van der Waals surface area contributed by atoms with E-state index < -0.39 is 47.1 Å². The summed E-state index contributed by atoms with van der Waals surface area (Å²) in [6.45, 7) is 2.97. The molecule has 7 nitrogen and oxygen atoms in total. The number of hydrogen-bond donors (Lipinski definition) is 3. The molecule has 0 spiro atoms. The van der Waals surface area contributed by atoms with Crippen molar-refractivity contribution in [2.24, 2.45) is 0 Å². The number of rotatable bonds is 6. The SMILES string of the molecule is Cc1c(CC(=O)NC(C)CC(=O)O)c2cc(O)c(F)cc2n1C(=O)c1ccc(C(F)(F)F)cc1. The highest BCUT2D eigenvalue weighted by molar-refractivity contribution is 6.05. The van der Waals surface area contributed by atoms with E-state index in [9.17, 15) is 37.1 Å². The third-order valence-electron chi connectivity index (χ3n) is 5.29. The first kappa shape index (κ1) is 24.7. The predicted molar refractivity (Wildman–Crippen MR) is 113 cm³/mol. The van der Waals surface area contributed by atoms with Crippen LogP contribution in [0.1, 0.15) is 40.5 Å². The largest absolute Gasteiger partial charge is 0.505 e. The maximum absolute atomic E-state index is 14.1. The van der Waals surface area contributed by atoms with E-state index in [1.165, 1.54) is 13.8 Å². The fraction of sp³-hybridized carbons (Fsp3) is 0.261. The number of phenols is 1. The molecule has 3 N–H and O–H groups in total. The highest BCUT2D eigenvalue weighted by Gasteiger charge is 2.30. The molecule has 0 saturated carbocycles. The van der Waals surface area contributed by atoms with Gasteiger partial charge in [0, 0.05) is 28.8 Å². The van der Waals surface area contributed by atoms with Crippen molar-refractivity contribution < 1.29 is 42.2 Å². The van der Waals surface area contributed by atoms with Crippen LogP contribution in [0.15, 0.2) is 36.4 Å². The fourth-order valence-corrected chi connectivity index (χ4v) is 3.70. The number of carboxylic acids is 1. The van der Waals surface area contributed by atoms with Gasteiger partial charge in [0.2, 0.25) is 5.91 Å². The van der Waals surface area contributed by atoms with Crippen LogP contribution in [-0.4, -0.2) is 38.6 Å². The summed E-state index contributed by atoms with van der Waals surface area (Å²) in [6, 6.07) is 4.75. The number of nitrogens with one attached hydrogen (secondary N) is 1. The van der Waals surface area contributed by atoms with Crippen molar-refractivity contribution in [3.8, 4) is 5.75 Å². The van der Waals surface area contributed by atoms with Crippen LogP contribution in [0.3, 0.4) is 0 Å². The molecule has 1 heterocycles. The molecular formula is C23H20F4N2O5. The number of hydrogen-bond acceptors (Lipinski definition) is 4. The second-order valence-electron chi connectivity index (χ2n) is 7.84. The lowest BCUT2D eigenvalue weighted by molar-refractivity contribution is -0.138. The molecule has 34 heavy (non-hydrogen) atoms. The van der Waals surface area contributed by atoms with Crippen LogP contribution in [0.2, 0.25) is 0 Å². The zero-order chi connectivity index (χ0) is 25.4. The molecule has 0 aliphatic heterocycles. The Morgan fingerprint density at radius 3 is 2.29 bits per heavy atom. The molecule has 1 aromatic heterocycles. The van der Waals surface area contributed by atoms with Gasteiger partial charge < -0.3 is 15.5 Å². The Morgan fingerprint density at radius 2 is 1.74 bits per heavy atom. The summed E-state index contributed by atoms with van der Waals surface area (Å²) in [4.78, 5) is 36.5. The lowest BCUT2D eigenvalue weighted by Gasteiger charge is -2.12. The Bertz CT molecular complexity index is 1280. The molecule has 0 bridgehead atoms. The number of amides is 1. The van der Waals surface area contributed by atoms with Crippen LogP contribution in [-0.2, 0) is 22.2 Å². The quantitative estimate of drug-likeness (QED) is 0.462. The first-order valence-corrected chi connectivity index (χ1v) is 10.0. The van der Waals surface area contributed by atoms with Crippen LogP contribution in [0.4, 0.5) is 17.6 Å². The minimum Gasteiger partial charge on any atom is -0.505 e. The van der Waals surface area contributed by atoms with Crippen LogP contribution in [0.25, 0.3) is 10.9 Å². The summed E-state index contributed by atoms with van der Waals surface area (Å²) in [5.41, 5.74) is -0.551. The topological polar surface area (TPSA) is 109 Å². The van der Waals surface area contributed by atoms with Gasteiger partial charge in [0.1, 0.15) is 0 Å². The number of halogens is 4. The van der Waals surface area contributed by atoms with Crippen LogP contribution in [0, 0.1) is 12.7 Å². The molecule has 180 valence electrons. The van der Waals surface area contributed by atoms with Gasteiger partial charge in [-0.25, -0.2) is 4.39 Å². The Balaban J connectivity index is 2.05. The molecule has 1 amide bonds. The fourth-order valence-electron chi connectivity index (χ4n) is 3.70. The molecule has 1 unspecified atom stereocenters. The van der Waals surface area contributed by atoms with Crippen molar-refractivity contribution >= 4 is 28.7 Å². The zero-order valence-electron chi connectivity index (χ0n) is 18.0. The number of aromatic nitrogens is 1. The summed E-state index contributed by atoms with van der Waals surface area (Å²) in [6.07, 6.45) is -5.22. The number of fused-ring (bicyclic) bond motifs is 1. The maximum Gasteiger partial charge on any atom is 0.416 e. The summed E-state index contributed by atoms with van der Waals surface area (Å²) < 4.78 is 53.8. The third kappa shape index (κ3) is 5.03. The summed E-state index contributed by atoms with van der Waals surface area (Å²) in [5.74, 6) is -4.18. The van der Waals surface area contributed by atoms with E-state index >= 15 is 0 Å². The number of carbonyl (C=O) groups is 3. The van der Waals surface area contributed by atoms with Crippen molar-refractivity contribution in [3.63, 3.8) is 0 Å². The van der Waals surface area contributed by atoms with E-state index in [2.05, 4.69) is 5.32 Å². The van der Waals surface area contributed by atoms with Gasteiger partial charge in [-0.2, -0.15) is 13.2 Å². The molecule has 3 aromatic rings. The predicted octanol–water partition coefficient (Wildman–Crippen LogP) is 4.02. The molecule has 0 aliphatic rings. The Hall–Kier alpha value is -3.89. The second kappa shape index (κ2) is 9.16. The molecule has 0 fully saturated rings. The summed E-state index contributed by atoms with van der Waals surface area (Å²) in [5, 5.41) is 21.4. The smallest absolute Gasteiger partial charge is 0.416 e. The van der Waals surface area contributed by atoms with Crippen molar-refractivity contribution in [2.75, 3.05) is 0 Å². The Kier molecular flexibility index (Phi) is 6.67. The van der Waals surface area contributed by atoms with E-state index in [1.54, 1.807) is 0 Å². The molecule has 0 radical (unpaired) electrons. The molecule has 0 aliphatic carbocycles. The van der Waals surface area contributed by atoms with Crippen LogP contribution < -0.4 is 5.32 Å². The van der Waals surface area contributed by atoms with Gasteiger partial charge in [0.25, 0.3) is 5.91 Å². The number of carboxylic acid groups (broad SMARTS) is 1. The summed E-state index contributed by atoms with van der Waals surface area (Å²) >= 11 is 0. The van der Waals surface area contributed by atoms with E-state index in [0.717, 1.165) is 41.0 Å². The highest BCUT2D eigenvalue weighted by atomic mass is 19.4. The van der Waals surface area contributed by atoms with Crippen LogP contribution in [0.5, 0.6) is 5.75 Å². The van der Waals surface area contributed by atoms with Crippen molar-refractivity contribution in [1.82, 2.24) is 9.88 Å². The number of alkyl halides is 3. The maximum atomic E-state index is 14.1. The number of benzene rings is 2. The Morgan fingerprint density at radius 1 is 1.12 bits per heavy atom. The van der Waals surface area contributed by atoms with Gasteiger partial charge in [-0.3, -0.25) is 19.0 Å². The standard InChI is InChI=1S/C23H20F4N2O5/c1-11(7-21(32)33)28-20(31)9-15-12(2)29(18-10-17(24)19(30)8-16(15)18)22(34)13-3-5-14(6-4-13)23(25,26)27/h3-6,8,10-11,30H,7,9H2,1-2H3,(H,28,31)(H,32,33). The van der Waals surface area contributed by atoms with Crippen molar-refractivity contribution in [2.45, 2.75) is 38.9 Å².